The molecule has 0 bridgehead atoms. The molecule has 2 rings (SSSR count). The van der Waals surface area contributed by atoms with Gasteiger partial charge in [-0.1, -0.05) is 18.2 Å². The number of benzene rings is 2. The Morgan fingerprint density at radius 1 is 1.09 bits per heavy atom. The minimum Gasteiger partial charge on any atom is -0.478 e. The van der Waals surface area contributed by atoms with Gasteiger partial charge in [-0.05, 0) is 49.6 Å². The van der Waals surface area contributed by atoms with Crippen molar-refractivity contribution in [1.29, 1.82) is 0 Å². The Balaban J connectivity index is 2.15. The van der Waals surface area contributed by atoms with Gasteiger partial charge < -0.3 is 4.74 Å². The Hall–Kier alpha value is -2.69. The van der Waals surface area contributed by atoms with E-state index in [2.05, 4.69) is 0 Å². The molecular weight excluding hydrogens is 282 g/mol. The van der Waals surface area contributed by atoms with Gasteiger partial charge in [0.15, 0.2) is 18.1 Å². The molecule has 0 spiro atoms. The predicted octanol–water partition coefficient (Wildman–Crippen LogP) is 3.78. The van der Waals surface area contributed by atoms with Gasteiger partial charge in [0.2, 0.25) is 0 Å². The number of aryl methyl sites for hydroxylation is 3. The van der Waals surface area contributed by atoms with Gasteiger partial charge in [0, 0.05) is 11.6 Å². The first-order valence-electron chi connectivity index (χ1n) is 6.87. The van der Waals surface area contributed by atoms with Gasteiger partial charge in [0.1, 0.15) is 0 Å². The molecular formula is C17H17NO4. The third-order valence-electron chi connectivity index (χ3n) is 3.50. The maximum atomic E-state index is 12.2. The fraction of sp³-hybridized carbons (Fsp3) is 0.235. The van der Waals surface area contributed by atoms with E-state index in [1.165, 1.54) is 6.07 Å². The number of carbonyl (C=O) groups is 1. The molecule has 0 aliphatic rings. The molecule has 22 heavy (non-hydrogen) atoms. The third kappa shape index (κ3) is 3.49. The largest absolute Gasteiger partial charge is 0.478 e. The lowest BCUT2D eigenvalue weighted by atomic mass is 10.0. The summed E-state index contributed by atoms with van der Waals surface area (Å²) in [6.07, 6.45) is 0. The van der Waals surface area contributed by atoms with Crippen LogP contribution in [0.15, 0.2) is 36.4 Å². The zero-order valence-corrected chi connectivity index (χ0v) is 12.8. The van der Waals surface area contributed by atoms with Crippen LogP contribution in [0.2, 0.25) is 0 Å². The third-order valence-corrected chi connectivity index (χ3v) is 3.50. The molecule has 0 aliphatic carbocycles. The van der Waals surface area contributed by atoms with E-state index >= 15 is 0 Å². The first-order chi connectivity index (χ1) is 10.4. The summed E-state index contributed by atoms with van der Waals surface area (Å²) in [5.74, 6) is -0.0962. The van der Waals surface area contributed by atoms with E-state index < -0.39 is 4.92 Å². The molecule has 0 aromatic heterocycles. The zero-order valence-electron chi connectivity index (χ0n) is 12.8. The van der Waals surface area contributed by atoms with Crippen molar-refractivity contribution in [3.63, 3.8) is 0 Å². The van der Waals surface area contributed by atoms with Crippen LogP contribution >= 0.6 is 0 Å². The van der Waals surface area contributed by atoms with Gasteiger partial charge in [0.25, 0.3) is 0 Å². The van der Waals surface area contributed by atoms with Crippen molar-refractivity contribution in [3.8, 4) is 5.75 Å². The molecule has 5 heteroatoms. The van der Waals surface area contributed by atoms with Crippen LogP contribution in [0.4, 0.5) is 5.69 Å². The highest BCUT2D eigenvalue weighted by molar-refractivity contribution is 5.97. The van der Waals surface area contributed by atoms with E-state index in [1.54, 1.807) is 24.3 Å². The van der Waals surface area contributed by atoms with Crippen LogP contribution in [-0.4, -0.2) is 17.3 Å². The smallest absolute Gasteiger partial charge is 0.310 e. The molecule has 0 unspecified atom stereocenters. The monoisotopic (exact) mass is 299 g/mol. The van der Waals surface area contributed by atoms with Crippen molar-refractivity contribution in [2.45, 2.75) is 20.8 Å². The highest BCUT2D eigenvalue weighted by Crippen LogP contribution is 2.27. The van der Waals surface area contributed by atoms with Gasteiger partial charge in [0.05, 0.1) is 4.92 Å². The Labute approximate surface area is 128 Å². The zero-order chi connectivity index (χ0) is 16.3. The topological polar surface area (TPSA) is 69.4 Å². The average Bonchev–Trinajstić information content (AvgIpc) is 2.47. The molecule has 2 aromatic carbocycles. The van der Waals surface area contributed by atoms with Crippen LogP contribution in [0.5, 0.6) is 5.75 Å². The summed E-state index contributed by atoms with van der Waals surface area (Å²) >= 11 is 0. The normalized spacial score (nSPS) is 10.3. The van der Waals surface area contributed by atoms with Crippen LogP contribution in [0.1, 0.15) is 27.0 Å². The number of hydrogen-bond acceptors (Lipinski definition) is 4. The SMILES string of the molecule is Cc1ccc([N+](=O)[O-])c(OCC(=O)c2ccc(C)c(C)c2)c1. The van der Waals surface area contributed by atoms with Crippen LogP contribution < -0.4 is 4.74 Å². The summed E-state index contributed by atoms with van der Waals surface area (Å²) in [6, 6.07) is 9.98. The van der Waals surface area contributed by atoms with Crippen LogP contribution in [-0.2, 0) is 0 Å². The second-order valence-electron chi connectivity index (χ2n) is 5.24. The standard InChI is InChI=1S/C17H17NO4/c1-11-4-7-15(18(20)21)17(8-11)22-10-16(19)14-6-5-12(2)13(3)9-14/h4-9H,10H2,1-3H3. The summed E-state index contributed by atoms with van der Waals surface area (Å²) in [7, 11) is 0. The van der Waals surface area contributed by atoms with Gasteiger partial charge in [-0.25, -0.2) is 0 Å². The molecule has 5 nitrogen and oxygen atoms in total. The summed E-state index contributed by atoms with van der Waals surface area (Å²) < 4.78 is 5.37. The molecule has 0 atom stereocenters. The highest BCUT2D eigenvalue weighted by Gasteiger charge is 2.16. The highest BCUT2D eigenvalue weighted by atomic mass is 16.6. The summed E-state index contributed by atoms with van der Waals surface area (Å²) in [6.45, 7) is 5.48. The Morgan fingerprint density at radius 2 is 1.82 bits per heavy atom. The number of nitro benzene ring substituents is 1. The Bertz CT molecular complexity index is 737. The molecule has 0 N–H and O–H groups in total. The van der Waals surface area contributed by atoms with Crippen LogP contribution in [0.25, 0.3) is 0 Å². The number of nitro groups is 1. The number of ketones is 1. The first-order valence-corrected chi connectivity index (χ1v) is 6.87. The molecule has 0 fully saturated rings. The molecule has 0 amide bonds. The number of nitrogens with zero attached hydrogens (tertiary/aromatic N) is 1. The summed E-state index contributed by atoms with van der Waals surface area (Å²) in [5.41, 5.74) is 3.36. The molecule has 0 saturated heterocycles. The minimum atomic E-state index is -0.519. The predicted molar refractivity (Wildman–Crippen MR) is 83.6 cm³/mol. The lowest BCUT2D eigenvalue weighted by molar-refractivity contribution is -0.385. The van der Waals surface area contributed by atoms with Crippen LogP contribution in [0.3, 0.4) is 0 Å². The fourth-order valence-corrected chi connectivity index (χ4v) is 2.03. The molecule has 0 heterocycles. The summed E-state index contributed by atoms with van der Waals surface area (Å²) in [5, 5.41) is 11.0. The number of ether oxygens (including phenoxy) is 1. The quantitative estimate of drug-likeness (QED) is 0.478. The van der Waals surface area contributed by atoms with Gasteiger partial charge in [-0.2, -0.15) is 0 Å². The van der Waals surface area contributed by atoms with Crippen molar-refractivity contribution >= 4 is 11.5 Å². The van der Waals surface area contributed by atoms with Crippen molar-refractivity contribution in [2.75, 3.05) is 6.61 Å². The van der Waals surface area contributed by atoms with E-state index in [9.17, 15) is 14.9 Å². The van der Waals surface area contributed by atoms with E-state index in [0.29, 0.717) is 5.56 Å². The van der Waals surface area contributed by atoms with E-state index in [4.69, 9.17) is 4.74 Å². The van der Waals surface area contributed by atoms with Gasteiger partial charge in [-0.3, -0.25) is 14.9 Å². The van der Waals surface area contributed by atoms with Gasteiger partial charge in [-0.15, -0.1) is 0 Å². The second-order valence-corrected chi connectivity index (χ2v) is 5.24. The molecule has 114 valence electrons. The maximum Gasteiger partial charge on any atom is 0.310 e. The van der Waals surface area contributed by atoms with Crippen molar-refractivity contribution in [1.82, 2.24) is 0 Å². The molecule has 0 saturated carbocycles. The first kappa shape index (κ1) is 15.7. The van der Waals surface area contributed by atoms with Crippen molar-refractivity contribution in [2.24, 2.45) is 0 Å². The molecule has 0 radical (unpaired) electrons. The average molecular weight is 299 g/mol. The molecule has 0 aliphatic heterocycles. The van der Waals surface area contributed by atoms with Crippen molar-refractivity contribution < 1.29 is 14.5 Å². The van der Waals surface area contributed by atoms with E-state index in [1.807, 2.05) is 26.8 Å². The lowest BCUT2D eigenvalue weighted by Gasteiger charge is -2.08. The second kappa shape index (κ2) is 6.39. The fourth-order valence-electron chi connectivity index (χ4n) is 2.03. The maximum absolute atomic E-state index is 12.2. The lowest BCUT2D eigenvalue weighted by Crippen LogP contribution is -2.12. The number of hydrogen-bond donors (Lipinski definition) is 0. The Kier molecular flexibility index (Phi) is 4.56. The minimum absolute atomic E-state index is 0.113. The van der Waals surface area contributed by atoms with E-state index in [0.717, 1.165) is 16.7 Å². The van der Waals surface area contributed by atoms with Gasteiger partial charge >= 0.3 is 5.69 Å². The van der Waals surface area contributed by atoms with Crippen molar-refractivity contribution in [3.05, 3.63) is 68.8 Å². The number of carbonyl (C=O) groups excluding carboxylic acids is 1. The number of Topliss-reactive ketones (excluding diaryl/α,β-unsaturated/α-hetero) is 1. The number of rotatable bonds is 5. The summed E-state index contributed by atoms with van der Waals surface area (Å²) in [4.78, 5) is 22.6. The van der Waals surface area contributed by atoms with E-state index in [-0.39, 0.29) is 23.8 Å². The van der Waals surface area contributed by atoms with Crippen LogP contribution in [0, 0.1) is 30.9 Å². The Morgan fingerprint density at radius 3 is 2.45 bits per heavy atom. The molecule has 2 aromatic rings.